The predicted molar refractivity (Wildman–Crippen MR) is 86.5 cm³/mol. The molecule has 2 unspecified atom stereocenters. The van der Waals surface area contributed by atoms with Crippen molar-refractivity contribution in [2.45, 2.75) is 32.9 Å². The first kappa shape index (κ1) is 16.7. The third kappa shape index (κ3) is 3.68. The summed E-state index contributed by atoms with van der Waals surface area (Å²) in [6.45, 7) is 6.97. The fourth-order valence-corrected chi connectivity index (χ4v) is 3.34. The highest BCUT2D eigenvalue weighted by Crippen LogP contribution is 2.52. The van der Waals surface area contributed by atoms with Crippen LogP contribution in [0.2, 0.25) is 0 Å². The molecule has 2 fully saturated rings. The van der Waals surface area contributed by atoms with Crippen LogP contribution in [-0.4, -0.2) is 35.6 Å². The van der Waals surface area contributed by atoms with E-state index in [0.29, 0.717) is 19.6 Å². The van der Waals surface area contributed by atoms with Crippen molar-refractivity contribution in [2.75, 3.05) is 13.1 Å². The summed E-state index contributed by atoms with van der Waals surface area (Å²) < 4.78 is 18.5. The van der Waals surface area contributed by atoms with Gasteiger partial charge < -0.3 is 15.0 Å². The van der Waals surface area contributed by atoms with Crippen LogP contribution in [0.15, 0.2) is 24.3 Å². The monoisotopic (exact) mass is 334 g/mol. The third-order valence-electron chi connectivity index (χ3n) is 4.50. The molecule has 1 saturated carbocycles. The number of benzene rings is 1. The third-order valence-corrected chi connectivity index (χ3v) is 4.50. The molecule has 3 rings (SSSR count). The molecule has 1 aromatic rings. The van der Waals surface area contributed by atoms with Crippen molar-refractivity contribution < 1.29 is 18.7 Å². The van der Waals surface area contributed by atoms with Crippen molar-refractivity contribution in [3.63, 3.8) is 0 Å². The van der Waals surface area contributed by atoms with Gasteiger partial charge in [0.05, 0.1) is 0 Å². The number of carbonyl (C=O) groups excluding carboxylic acids is 2. The van der Waals surface area contributed by atoms with E-state index in [-0.39, 0.29) is 35.6 Å². The van der Waals surface area contributed by atoms with Crippen LogP contribution in [0.3, 0.4) is 0 Å². The van der Waals surface area contributed by atoms with Crippen molar-refractivity contribution in [1.29, 1.82) is 0 Å². The SMILES string of the molecule is CC(C)(C)OC(=O)N1CC2C(C(=O)NCc3cccc(F)c3)[C@H]2C1. The number of fused-ring (bicyclic) bond motifs is 1. The molecular formula is C18H23FN2O3. The van der Waals surface area contributed by atoms with E-state index in [0.717, 1.165) is 5.56 Å². The smallest absolute Gasteiger partial charge is 0.410 e. The first-order chi connectivity index (χ1) is 11.2. The quantitative estimate of drug-likeness (QED) is 0.924. The minimum absolute atomic E-state index is 0.0156. The number of amides is 2. The number of nitrogens with zero attached hydrogens (tertiary/aromatic N) is 1. The number of hydrogen-bond donors (Lipinski definition) is 1. The Hall–Kier alpha value is -2.11. The van der Waals surface area contributed by atoms with Gasteiger partial charge in [0.15, 0.2) is 0 Å². The van der Waals surface area contributed by atoms with E-state index in [4.69, 9.17) is 4.74 Å². The molecule has 24 heavy (non-hydrogen) atoms. The van der Waals surface area contributed by atoms with E-state index >= 15 is 0 Å². The molecule has 1 saturated heterocycles. The van der Waals surface area contributed by atoms with Gasteiger partial charge in [0.25, 0.3) is 0 Å². The highest BCUT2D eigenvalue weighted by molar-refractivity contribution is 5.83. The molecule has 1 aromatic carbocycles. The Morgan fingerprint density at radius 3 is 2.54 bits per heavy atom. The second-order valence-electron chi connectivity index (χ2n) is 7.59. The highest BCUT2D eigenvalue weighted by atomic mass is 19.1. The van der Waals surface area contributed by atoms with Gasteiger partial charge in [0.2, 0.25) is 5.91 Å². The number of nitrogens with one attached hydrogen (secondary N) is 1. The maximum Gasteiger partial charge on any atom is 0.410 e. The molecular weight excluding hydrogens is 311 g/mol. The second-order valence-corrected chi connectivity index (χ2v) is 7.59. The van der Waals surface area contributed by atoms with E-state index in [1.807, 2.05) is 20.8 Å². The van der Waals surface area contributed by atoms with Crippen LogP contribution < -0.4 is 5.32 Å². The highest BCUT2D eigenvalue weighted by Gasteiger charge is 2.60. The Morgan fingerprint density at radius 2 is 1.96 bits per heavy atom. The van der Waals surface area contributed by atoms with Crippen LogP contribution in [0.1, 0.15) is 26.3 Å². The van der Waals surface area contributed by atoms with Crippen molar-refractivity contribution in [3.05, 3.63) is 35.6 Å². The molecule has 0 spiro atoms. The topological polar surface area (TPSA) is 58.6 Å². The summed E-state index contributed by atoms with van der Waals surface area (Å²) in [7, 11) is 0. The van der Waals surface area contributed by atoms with Gasteiger partial charge in [-0.15, -0.1) is 0 Å². The molecule has 2 amide bonds. The van der Waals surface area contributed by atoms with Crippen LogP contribution in [0.25, 0.3) is 0 Å². The van der Waals surface area contributed by atoms with Crippen molar-refractivity contribution in [3.8, 4) is 0 Å². The number of ether oxygens (including phenoxy) is 1. The lowest BCUT2D eigenvalue weighted by atomic mass is 10.2. The first-order valence-electron chi connectivity index (χ1n) is 8.25. The van der Waals surface area contributed by atoms with Crippen molar-refractivity contribution in [2.24, 2.45) is 17.8 Å². The second kappa shape index (κ2) is 6.07. The molecule has 1 aliphatic heterocycles. The lowest BCUT2D eigenvalue weighted by Crippen LogP contribution is -2.38. The molecule has 1 N–H and O–H groups in total. The zero-order valence-electron chi connectivity index (χ0n) is 14.2. The predicted octanol–water partition coefficient (Wildman–Crippen LogP) is 2.55. The first-order valence-corrected chi connectivity index (χ1v) is 8.25. The van der Waals surface area contributed by atoms with Crippen molar-refractivity contribution in [1.82, 2.24) is 10.2 Å². The fraction of sp³-hybridized carbons (Fsp3) is 0.556. The van der Waals surface area contributed by atoms with Crippen LogP contribution in [-0.2, 0) is 16.1 Å². The molecule has 130 valence electrons. The Balaban J connectivity index is 1.45. The normalized spacial score (nSPS) is 25.2. The molecule has 0 bridgehead atoms. The maximum absolute atomic E-state index is 13.1. The number of halogens is 1. The van der Waals surface area contributed by atoms with Gasteiger partial charge in [-0.3, -0.25) is 4.79 Å². The number of piperidine rings is 1. The average Bonchev–Trinajstić information content (AvgIpc) is 2.97. The number of likely N-dealkylation sites (tertiary alicyclic amines) is 1. The molecule has 1 heterocycles. The van der Waals surface area contributed by atoms with Crippen LogP contribution in [0.5, 0.6) is 0 Å². The van der Waals surface area contributed by atoms with Crippen molar-refractivity contribution >= 4 is 12.0 Å². The number of rotatable bonds is 3. The Labute approximate surface area is 141 Å². The summed E-state index contributed by atoms with van der Waals surface area (Å²) in [6.07, 6.45) is -0.311. The molecule has 1 aliphatic carbocycles. The summed E-state index contributed by atoms with van der Waals surface area (Å²) in [5, 5.41) is 2.86. The van der Waals surface area contributed by atoms with E-state index in [1.54, 1.807) is 17.0 Å². The average molecular weight is 334 g/mol. The van der Waals surface area contributed by atoms with E-state index in [9.17, 15) is 14.0 Å². The number of carbonyl (C=O) groups is 2. The molecule has 0 radical (unpaired) electrons. The van der Waals surface area contributed by atoms with Gasteiger partial charge in [-0.25, -0.2) is 9.18 Å². The largest absolute Gasteiger partial charge is 0.444 e. The van der Waals surface area contributed by atoms with E-state index < -0.39 is 5.60 Å². The summed E-state index contributed by atoms with van der Waals surface area (Å²) in [6, 6.07) is 6.20. The fourth-order valence-electron chi connectivity index (χ4n) is 3.34. The lowest BCUT2D eigenvalue weighted by molar-refractivity contribution is -0.123. The van der Waals surface area contributed by atoms with Crippen LogP contribution in [0.4, 0.5) is 9.18 Å². The zero-order chi connectivity index (χ0) is 17.5. The summed E-state index contributed by atoms with van der Waals surface area (Å²) in [4.78, 5) is 25.9. The number of hydrogen-bond acceptors (Lipinski definition) is 3. The lowest BCUT2D eigenvalue weighted by Gasteiger charge is -2.25. The Kier molecular flexibility index (Phi) is 4.24. The van der Waals surface area contributed by atoms with Gasteiger partial charge in [-0.2, -0.15) is 0 Å². The minimum atomic E-state index is -0.508. The Bertz CT molecular complexity index is 644. The van der Waals surface area contributed by atoms with Gasteiger partial charge in [-0.05, 0) is 50.3 Å². The molecule has 0 aromatic heterocycles. The molecule has 6 heteroatoms. The van der Waals surface area contributed by atoms with Gasteiger partial charge in [-0.1, -0.05) is 12.1 Å². The maximum atomic E-state index is 13.1. The van der Waals surface area contributed by atoms with Crippen LogP contribution >= 0.6 is 0 Å². The summed E-state index contributed by atoms with van der Waals surface area (Å²) in [5.74, 6) is 0.0587. The van der Waals surface area contributed by atoms with E-state index in [1.165, 1.54) is 12.1 Å². The van der Waals surface area contributed by atoms with E-state index in [2.05, 4.69) is 5.32 Å². The minimum Gasteiger partial charge on any atom is -0.444 e. The van der Waals surface area contributed by atoms with Gasteiger partial charge >= 0.3 is 6.09 Å². The van der Waals surface area contributed by atoms with Gasteiger partial charge in [0.1, 0.15) is 11.4 Å². The zero-order valence-corrected chi connectivity index (χ0v) is 14.2. The standard InChI is InChI=1S/C18H23FN2O3/c1-18(2,3)24-17(23)21-9-13-14(10-21)15(13)16(22)20-8-11-5-4-6-12(19)7-11/h4-7,13-15H,8-10H2,1-3H3,(H,20,22)/t13-,14?,15?/m0/s1. The summed E-state index contributed by atoms with van der Waals surface area (Å²) in [5.41, 5.74) is 0.232. The molecule has 2 aliphatic rings. The summed E-state index contributed by atoms with van der Waals surface area (Å²) >= 11 is 0. The van der Waals surface area contributed by atoms with Gasteiger partial charge in [0, 0.05) is 25.6 Å². The van der Waals surface area contributed by atoms with Crippen LogP contribution in [0, 0.1) is 23.6 Å². The molecule has 5 nitrogen and oxygen atoms in total. The Morgan fingerprint density at radius 1 is 1.29 bits per heavy atom. The molecule has 3 atom stereocenters.